The highest BCUT2D eigenvalue weighted by Crippen LogP contribution is 2.10. The van der Waals surface area contributed by atoms with Crippen LogP contribution >= 0.6 is 0 Å². The molecule has 1 unspecified atom stereocenters. The van der Waals surface area contributed by atoms with Crippen molar-refractivity contribution >= 4 is 11.9 Å². The Morgan fingerprint density at radius 1 is 0.680 bits per heavy atom. The number of rotatable bonds is 17. The summed E-state index contributed by atoms with van der Waals surface area (Å²) in [6.07, 6.45) is 12.8. The second kappa shape index (κ2) is 17.8. The maximum Gasteiger partial charge on any atom is 0.305 e. The lowest BCUT2D eigenvalue weighted by molar-refractivity contribution is -0.144. The van der Waals surface area contributed by atoms with Crippen LogP contribution in [0.2, 0.25) is 0 Å². The number of hydrogen-bond acceptors (Lipinski definition) is 4. The maximum absolute atomic E-state index is 11.6. The highest BCUT2D eigenvalue weighted by Gasteiger charge is 2.08. The van der Waals surface area contributed by atoms with Crippen molar-refractivity contribution in [1.29, 1.82) is 0 Å². The first-order chi connectivity index (χ1) is 12.1. The quantitative estimate of drug-likeness (QED) is 0.243. The molecule has 0 rings (SSSR count). The van der Waals surface area contributed by atoms with Gasteiger partial charge in [-0.3, -0.25) is 9.59 Å². The molecule has 1 atom stereocenters. The minimum atomic E-state index is -0.0854. The predicted octanol–water partition coefficient (Wildman–Crippen LogP) is 5.82. The zero-order chi connectivity index (χ0) is 18.8. The summed E-state index contributed by atoms with van der Waals surface area (Å²) in [5.74, 6) is 0.227. The van der Waals surface area contributed by atoms with Crippen molar-refractivity contribution in [3.8, 4) is 0 Å². The zero-order valence-electron chi connectivity index (χ0n) is 16.8. The van der Waals surface area contributed by atoms with Gasteiger partial charge in [-0.1, -0.05) is 65.7 Å². The Labute approximate surface area is 155 Å². The van der Waals surface area contributed by atoms with Crippen LogP contribution in [-0.4, -0.2) is 25.2 Å². The minimum Gasteiger partial charge on any atom is -0.466 e. The second-order valence-electron chi connectivity index (χ2n) is 7.10. The standard InChI is InChI=1S/C21H40O4/c1-4-6-8-10-12-14-21(23)25-18-16-19(3)15-17-24-20(22)13-11-9-7-5-2/h19H,4-18H2,1-3H3. The van der Waals surface area contributed by atoms with E-state index in [2.05, 4.69) is 20.8 Å². The number of ether oxygens (including phenoxy) is 2. The Bertz CT molecular complexity index is 328. The monoisotopic (exact) mass is 356 g/mol. The van der Waals surface area contributed by atoms with Crippen molar-refractivity contribution < 1.29 is 19.1 Å². The molecule has 0 radical (unpaired) electrons. The molecule has 0 spiro atoms. The van der Waals surface area contributed by atoms with Crippen molar-refractivity contribution in [2.45, 2.75) is 104 Å². The molecule has 25 heavy (non-hydrogen) atoms. The van der Waals surface area contributed by atoms with Gasteiger partial charge in [-0.05, 0) is 31.6 Å². The van der Waals surface area contributed by atoms with E-state index in [4.69, 9.17) is 9.47 Å². The van der Waals surface area contributed by atoms with Gasteiger partial charge < -0.3 is 9.47 Å². The molecular formula is C21H40O4. The molecule has 0 aromatic rings. The third-order valence-electron chi connectivity index (χ3n) is 4.47. The normalized spacial score (nSPS) is 12.0. The molecule has 0 N–H and O–H groups in total. The van der Waals surface area contributed by atoms with E-state index >= 15 is 0 Å². The zero-order valence-corrected chi connectivity index (χ0v) is 16.8. The van der Waals surface area contributed by atoms with Crippen LogP contribution in [0.4, 0.5) is 0 Å². The molecule has 0 heterocycles. The molecule has 0 aromatic carbocycles. The van der Waals surface area contributed by atoms with Gasteiger partial charge in [-0.2, -0.15) is 0 Å². The van der Waals surface area contributed by atoms with E-state index < -0.39 is 0 Å². The minimum absolute atomic E-state index is 0.0813. The average Bonchev–Trinajstić information content (AvgIpc) is 2.58. The molecule has 0 fully saturated rings. The van der Waals surface area contributed by atoms with E-state index in [1.165, 1.54) is 32.1 Å². The van der Waals surface area contributed by atoms with E-state index in [-0.39, 0.29) is 11.9 Å². The Morgan fingerprint density at radius 3 is 1.52 bits per heavy atom. The lowest BCUT2D eigenvalue weighted by atomic mass is 10.1. The van der Waals surface area contributed by atoms with E-state index in [0.29, 0.717) is 32.0 Å². The van der Waals surface area contributed by atoms with Crippen LogP contribution in [0.25, 0.3) is 0 Å². The van der Waals surface area contributed by atoms with Crippen LogP contribution in [0.15, 0.2) is 0 Å². The van der Waals surface area contributed by atoms with Crippen molar-refractivity contribution in [3.63, 3.8) is 0 Å². The van der Waals surface area contributed by atoms with Gasteiger partial charge in [-0.25, -0.2) is 0 Å². The first kappa shape index (κ1) is 23.9. The summed E-state index contributed by atoms with van der Waals surface area (Å²) in [5.41, 5.74) is 0. The molecule has 0 aromatic heterocycles. The molecule has 0 aliphatic carbocycles. The van der Waals surface area contributed by atoms with E-state index in [1.54, 1.807) is 0 Å². The topological polar surface area (TPSA) is 52.6 Å². The lowest BCUT2D eigenvalue weighted by Gasteiger charge is -2.12. The lowest BCUT2D eigenvalue weighted by Crippen LogP contribution is -2.11. The van der Waals surface area contributed by atoms with Gasteiger partial charge in [0.1, 0.15) is 0 Å². The van der Waals surface area contributed by atoms with Gasteiger partial charge in [0.15, 0.2) is 0 Å². The van der Waals surface area contributed by atoms with Crippen molar-refractivity contribution in [3.05, 3.63) is 0 Å². The van der Waals surface area contributed by atoms with Gasteiger partial charge in [0, 0.05) is 12.8 Å². The predicted molar refractivity (Wildman–Crippen MR) is 102 cm³/mol. The molecule has 0 saturated heterocycles. The fourth-order valence-electron chi connectivity index (χ4n) is 2.61. The number of carbonyl (C=O) groups excluding carboxylic acids is 2. The van der Waals surface area contributed by atoms with Gasteiger partial charge >= 0.3 is 11.9 Å². The summed E-state index contributed by atoms with van der Waals surface area (Å²) in [7, 11) is 0. The largest absolute Gasteiger partial charge is 0.466 e. The Morgan fingerprint density at radius 2 is 1.08 bits per heavy atom. The Hall–Kier alpha value is -1.06. The average molecular weight is 357 g/mol. The summed E-state index contributed by atoms with van der Waals surface area (Å²) in [6, 6.07) is 0. The molecule has 148 valence electrons. The van der Waals surface area contributed by atoms with E-state index in [9.17, 15) is 9.59 Å². The third-order valence-corrected chi connectivity index (χ3v) is 4.47. The second-order valence-corrected chi connectivity index (χ2v) is 7.10. The van der Waals surface area contributed by atoms with E-state index in [0.717, 1.165) is 38.5 Å². The van der Waals surface area contributed by atoms with Gasteiger partial charge in [0.05, 0.1) is 13.2 Å². The number of hydrogen-bond donors (Lipinski definition) is 0. The summed E-state index contributed by atoms with van der Waals surface area (Å²) >= 11 is 0. The summed E-state index contributed by atoms with van der Waals surface area (Å²) in [5, 5.41) is 0. The summed E-state index contributed by atoms with van der Waals surface area (Å²) in [4.78, 5) is 23.2. The number of unbranched alkanes of at least 4 members (excludes halogenated alkanes) is 7. The summed E-state index contributed by atoms with van der Waals surface area (Å²) in [6.45, 7) is 7.39. The first-order valence-electron chi connectivity index (χ1n) is 10.4. The van der Waals surface area contributed by atoms with Gasteiger partial charge in [0.2, 0.25) is 0 Å². The Kier molecular flexibility index (Phi) is 17.0. The smallest absolute Gasteiger partial charge is 0.305 e. The molecule has 4 nitrogen and oxygen atoms in total. The van der Waals surface area contributed by atoms with Gasteiger partial charge in [0.25, 0.3) is 0 Å². The summed E-state index contributed by atoms with van der Waals surface area (Å²) < 4.78 is 10.5. The molecule has 0 saturated carbocycles. The molecule has 0 aliphatic heterocycles. The molecule has 4 heteroatoms. The SMILES string of the molecule is CCCCCCCC(=O)OCCC(C)CCOC(=O)CCCCCC. The molecular weight excluding hydrogens is 316 g/mol. The fourth-order valence-corrected chi connectivity index (χ4v) is 2.61. The molecule has 0 bridgehead atoms. The molecule has 0 amide bonds. The van der Waals surface area contributed by atoms with Crippen molar-refractivity contribution in [2.24, 2.45) is 5.92 Å². The van der Waals surface area contributed by atoms with Crippen LogP contribution < -0.4 is 0 Å². The first-order valence-corrected chi connectivity index (χ1v) is 10.4. The highest BCUT2D eigenvalue weighted by molar-refractivity contribution is 5.69. The van der Waals surface area contributed by atoms with Crippen LogP contribution in [0.5, 0.6) is 0 Å². The van der Waals surface area contributed by atoms with Crippen molar-refractivity contribution in [2.75, 3.05) is 13.2 Å². The third kappa shape index (κ3) is 17.6. The van der Waals surface area contributed by atoms with Crippen LogP contribution in [0.1, 0.15) is 104 Å². The van der Waals surface area contributed by atoms with Gasteiger partial charge in [-0.15, -0.1) is 0 Å². The highest BCUT2D eigenvalue weighted by atomic mass is 16.5. The maximum atomic E-state index is 11.6. The van der Waals surface area contributed by atoms with E-state index in [1.807, 2.05) is 0 Å². The Balaban J connectivity index is 3.46. The van der Waals surface area contributed by atoms with Crippen LogP contribution in [-0.2, 0) is 19.1 Å². The molecule has 0 aliphatic rings. The number of esters is 2. The van der Waals surface area contributed by atoms with Crippen LogP contribution in [0, 0.1) is 5.92 Å². The number of carbonyl (C=O) groups is 2. The van der Waals surface area contributed by atoms with Crippen LogP contribution in [0.3, 0.4) is 0 Å². The van der Waals surface area contributed by atoms with Crippen molar-refractivity contribution in [1.82, 2.24) is 0 Å². The fraction of sp³-hybridized carbons (Fsp3) is 0.905.